The van der Waals surface area contributed by atoms with Crippen molar-refractivity contribution in [2.24, 2.45) is 5.92 Å². The second-order valence-corrected chi connectivity index (χ2v) is 6.82. The first kappa shape index (κ1) is 13.8. The van der Waals surface area contributed by atoms with E-state index in [1.54, 1.807) is 0 Å². The molecule has 1 saturated carbocycles. The summed E-state index contributed by atoms with van der Waals surface area (Å²) >= 11 is 0. The van der Waals surface area contributed by atoms with Gasteiger partial charge in [-0.05, 0) is 54.0 Å². The lowest BCUT2D eigenvalue weighted by Crippen LogP contribution is -2.21. The summed E-state index contributed by atoms with van der Waals surface area (Å²) in [5, 5.41) is 0. The maximum Gasteiger partial charge on any atom is 0.136 e. The first-order valence-electron chi connectivity index (χ1n) is 8.47. The summed E-state index contributed by atoms with van der Waals surface area (Å²) in [6.07, 6.45) is 5.17. The Balaban J connectivity index is 1.77. The van der Waals surface area contributed by atoms with E-state index in [4.69, 9.17) is 0 Å². The van der Waals surface area contributed by atoms with Crippen LogP contribution in [0.15, 0.2) is 42.5 Å². The minimum absolute atomic E-state index is 0.261. The summed E-state index contributed by atoms with van der Waals surface area (Å²) in [7, 11) is 0. The van der Waals surface area contributed by atoms with Gasteiger partial charge in [-0.1, -0.05) is 48.9 Å². The number of aryl methyl sites for hydroxylation is 1. The van der Waals surface area contributed by atoms with Crippen LogP contribution in [0.3, 0.4) is 0 Å². The topological polar surface area (TPSA) is 17.1 Å². The minimum Gasteiger partial charge on any atom is -0.299 e. The van der Waals surface area contributed by atoms with Crippen molar-refractivity contribution in [3.8, 4) is 11.1 Å². The summed E-state index contributed by atoms with van der Waals surface area (Å²) in [4.78, 5) is 12.3. The van der Waals surface area contributed by atoms with Crippen LogP contribution >= 0.6 is 0 Å². The highest BCUT2D eigenvalue weighted by atomic mass is 16.1. The molecule has 1 fully saturated rings. The number of Topliss-reactive ketones (excluding diaryl/α,β-unsaturated/α-hetero) is 1. The van der Waals surface area contributed by atoms with Crippen molar-refractivity contribution in [2.45, 2.75) is 44.9 Å². The lowest BCUT2D eigenvalue weighted by atomic mass is 9.78. The largest absolute Gasteiger partial charge is 0.299 e. The van der Waals surface area contributed by atoms with Crippen LogP contribution in [0.1, 0.15) is 54.7 Å². The highest BCUT2D eigenvalue weighted by Crippen LogP contribution is 2.49. The highest BCUT2D eigenvalue weighted by Gasteiger charge is 2.33. The smallest absolute Gasteiger partial charge is 0.136 e. The summed E-state index contributed by atoms with van der Waals surface area (Å²) in [6, 6.07) is 15.3. The molecule has 0 aromatic heterocycles. The molecule has 1 nitrogen and oxygen atoms in total. The zero-order chi connectivity index (χ0) is 15.1. The lowest BCUT2D eigenvalue weighted by molar-refractivity contribution is -0.124. The number of benzene rings is 2. The van der Waals surface area contributed by atoms with Crippen LogP contribution in [0.5, 0.6) is 0 Å². The average molecular weight is 290 g/mol. The Morgan fingerprint density at radius 2 is 1.82 bits per heavy atom. The first-order valence-corrected chi connectivity index (χ1v) is 8.47. The number of hydrogen-bond acceptors (Lipinski definition) is 1. The van der Waals surface area contributed by atoms with Crippen LogP contribution in [0.25, 0.3) is 11.1 Å². The molecule has 0 amide bonds. The molecule has 2 aliphatic rings. The van der Waals surface area contributed by atoms with E-state index in [1.165, 1.54) is 34.2 Å². The van der Waals surface area contributed by atoms with Gasteiger partial charge in [-0.15, -0.1) is 0 Å². The predicted octanol–water partition coefficient (Wildman–Crippen LogP) is 5.26. The third-order valence-electron chi connectivity index (χ3n) is 5.50. The van der Waals surface area contributed by atoms with Crippen LogP contribution in [-0.2, 0) is 4.79 Å². The van der Waals surface area contributed by atoms with E-state index in [0.717, 1.165) is 25.7 Å². The van der Waals surface area contributed by atoms with Gasteiger partial charge in [0.1, 0.15) is 5.78 Å². The number of rotatable bonds is 2. The Morgan fingerprint density at radius 3 is 2.68 bits per heavy atom. The highest BCUT2D eigenvalue weighted by molar-refractivity contribution is 5.83. The van der Waals surface area contributed by atoms with Crippen LogP contribution in [-0.4, -0.2) is 5.78 Å². The van der Waals surface area contributed by atoms with Crippen molar-refractivity contribution in [1.29, 1.82) is 0 Å². The number of carbonyl (C=O) groups excluding carboxylic acids is 1. The molecule has 0 radical (unpaired) electrons. The molecule has 22 heavy (non-hydrogen) atoms. The third kappa shape index (κ3) is 2.11. The third-order valence-corrected chi connectivity index (χ3v) is 5.50. The average Bonchev–Trinajstić information content (AvgIpc) is 2.86. The maximum atomic E-state index is 12.3. The Morgan fingerprint density at radius 1 is 1.00 bits per heavy atom. The number of hydrogen-bond donors (Lipinski definition) is 0. The van der Waals surface area contributed by atoms with E-state index >= 15 is 0 Å². The van der Waals surface area contributed by atoms with Crippen LogP contribution < -0.4 is 0 Å². The molecule has 0 bridgehead atoms. The van der Waals surface area contributed by atoms with Gasteiger partial charge >= 0.3 is 0 Å². The Hall–Kier alpha value is -1.89. The predicted molar refractivity (Wildman–Crippen MR) is 90.0 cm³/mol. The Bertz CT molecular complexity index is 728. The molecule has 0 heterocycles. The fraction of sp³-hybridized carbons (Fsp3) is 0.381. The van der Waals surface area contributed by atoms with Crippen LogP contribution in [0, 0.1) is 12.8 Å². The van der Waals surface area contributed by atoms with Crippen molar-refractivity contribution in [3.05, 3.63) is 59.2 Å². The van der Waals surface area contributed by atoms with Gasteiger partial charge < -0.3 is 0 Å². The molecular weight excluding hydrogens is 268 g/mol. The summed E-state index contributed by atoms with van der Waals surface area (Å²) in [5.41, 5.74) is 6.99. The molecule has 1 heteroatoms. The van der Waals surface area contributed by atoms with Crippen molar-refractivity contribution in [3.63, 3.8) is 0 Å². The molecule has 0 aliphatic heterocycles. The molecule has 0 spiro atoms. The van der Waals surface area contributed by atoms with Gasteiger partial charge in [-0.3, -0.25) is 4.79 Å². The molecule has 112 valence electrons. The standard InChI is InChI=1S/C21H22O/c1-14-7-6-11-18-16-9-3-4-10-17(16)19(21(14)18)13-15-8-2-5-12-20(15)22/h3-4,6-7,9-11,15,19H,2,5,8,12-13H2,1H3. The van der Waals surface area contributed by atoms with Crippen LogP contribution in [0.2, 0.25) is 0 Å². The molecule has 4 rings (SSSR count). The monoisotopic (exact) mass is 290 g/mol. The second kappa shape index (κ2) is 5.39. The second-order valence-electron chi connectivity index (χ2n) is 6.82. The fourth-order valence-corrected chi connectivity index (χ4v) is 4.41. The van der Waals surface area contributed by atoms with E-state index < -0.39 is 0 Å². The fourth-order valence-electron chi connectivity index (χ4n) is 4.41. The van der Waals surface area contributed by atoms with E-state index in [-0.39, 0.29) is 5.92 Å². The lowest BCUT2D eigenvalue weighted by Gasteiger charge is -2.25. The van der Waals surface area contributed by atoms with E-state index in [9.17, 15) is 4.79 Å². The SMILES string of the molecule is Cc1cccc2c1C(CC1CCCCC1=O)c1ccccc1-2. The summed E-state index contributed by atoms with van der Waals surface area (Å²) in [6.45, 7) is 2.21. The van der Waals surface area contributed by atoms with Gasteiger partial charge in [0.05, 0.1) is 0 Å². The molecule has 2 aromatic carbocycles. The van der Waals surface area contributed by atoms with Gasteiger partial charge in [0.25, 0.3) is 0 Å². The molecule has 2 atom stereocenters. The van der Waals surface area contributed by atoms with E-state index in [2.05, 4.69) is 49.4 Å². The number of ketones is 1. The minimum atomic E-state index is 0.261. The molecule has 2 unspecified atom stereocenters. The van der Waals surface area contributed by atoms with Crippen molar-refractivity contribution < 1.29 is 4.79 Å². The Kier molecular flexibility index (Phi) is 3.37. The Labute approximate surface area is 132 Å². The number of fused-ring (bicyclic) bond motifs is 3. The van der Waals surface area contributed by atoms with Crippen molar-refractivity contribution in [2.75, 3.05) is 0 Å². The normalized spacial score (nSPS) is 23.2. The van der Waals surface area contributed by atoms with Gasteiger partial charge in [0.2, 0.25) is 0 Å². The number of carbonyl (C=O) groups is 1. The van der Waals surface area contributed by atoms with Crippen molar-refractivity contribution in [1.82, 2.24) is 0 Å². The molecule has 2 aromatic rings. The summed E-state index contributed by atoms with van der Waals surface area (Å²) < 4.78 is 0. The zero-order valence-electron chi connectivity index (χ0n) is 13.1. The summed E-state index contributed by atoms with van der Waals surface area (Å²) in [5.74, 6) is 1.16. The van der Waals surface area contributed by atoms with Gasteiger partial charge in [-0.2, -0.15) is 0 Å². The van der Waals surface area contributed by atoms with Gasteiger partial charge in [-0.25, -0.2) is 0 Å². The molecular formula is C21H22O. The molecule has 0 saturated heterocycles. The molecule has 0 N–H and O–H groups in total. The molecule has 2 aliphatic carbocycles. The van der Waals surface area contributed by atoms with E-state index in [1.807, 2.05) is 0 Å². The van der Waals surface area contributed by atoms with E-state index in [0.29, 0.717) is 11.7 Å². The zero-order valence-corrected chi connectivity index (χ0v) is 13.1. The van der Waals surface area contributed by atoms with Gasteiger partial charge in [0, 0.05) is 18.3 Å². The maximum absolute atomic E-state index is 12.3. The van der Waals surface area contributed by atoms with Crippen LogP contribution in [0.4, 0.5) is 0 Å². The van der Waals surface area contributed by atoms with Gasteiger partial charge in [0.15, 0.2) is 0 Å². The quantitative estimate of drug-likeness (QED) is 0.737. The first-order chi connectivity index (χ1) is 10.8. The van der Waals surface area contributed by atoms with Crippen molar-refractivity contribution >= 4 is 5.78 Å².